The number of carbonyl (C=O) groups excluding carboxylic acids is 2. The Hall–Kier alpha value is -4.55. The molecule has 0 bridgehead atoms. The molecule has 13 nitrogen and oxygen atoms in total. The normalized spacial score (nSPS) is 14.5. The minimum Gasteiger partial charge on any atom is -0.444 e. The van der Waals surface area contributed by atoms with Crippen LogP contribution in [0, 0.1) is 0 Å². The van der Waals surface area contributed by atoms with Crippen molar-refractivity contribution in [3.8, 4) is 11.4 Å². The Morgan fingerprint density at radius 2 is 1.90 bits per heavy atom. The van der Waals surface area contributed by atoms with Gasteiger partial charge in [-0.1, -0.05) is 12.1 Å². The summed E-state index contributed by atoms with van der Waals surface area (Å²) in [6, 6.07) is 9.44. The first-order valence-electron chi connectivity index (χ1n) is 13.4. The van der Waals surface area contributed by atoms with Gasteiger partial charge in [0.2, 0.25) is 5.82 Å². The molecule has 0 atom stereocenters. The highest BCUT2D eigenvalue weighted by atomic mass is 16.6. The van der Waals surface area contributed by atoms with Crippen molar-refractivity contribution in [2.45, 2.75) is 65.1 Å². The topological polar surface area (TPSA) is 144 Å². The van der Waals surface area contributed by atoms with Gasteiger partial charge in [-0.15, -0.1) is 10.2 Å². The van der Waals surface area contributed by atoms with E-state index in [0.29, 0.717) is 48.7 Å². The number of nitrogens with zero attached hydrogens (tertiary/aromatic N) is 8. The molecular formula is C27H34N10O3. The van der Waals surface area contributed by atoms with Crippen LogP contribution in [0.1, 0.15) is 63.9 Å². The number of fused-ring (bicyclic) bond motifs is 1. The van der Waals surface area contributed by atoms with Crippen molar-refractivity contribution in [2.24, 2.45) is 0 Å². The van der Waals surface area contributed by atoms with Crippen LogP contribution in [0.2, 0.25) is 0 Å². The molecule has 13 heteroatoms. The molecule has 0 radical (unpaired) electrons. The highest BCUT2D eigenvalue weighted by Gasteiger charge is 2.28. The molecule has 2 amide bonds. The lowest BCUT2D eigenvalue weighted by Crippen LogP contribution is -2.47. The molecule has 2 N–H and O–H groups in total. The smallest absolute Gasteiger partial charge is 0.407 e. The standard InChI is InChI=1S/C27H34N10O3/c1-17(2)37-33-23(32-34-37)18-7-6-8-20(15-18)30-24-22-21(11-14-36(22)29-16-28-24)25(38)35-12-9-19(10-13-35)31-26(39)40-27(3,4)5/h6-8,11,14-17,19H,9-10,12-13H2,1-5H3,(H,31,39)(H,28,29,30). The Morgan fingerprint density at radius 1 is 1.12 bits per heavy atom. The first kappa shape index (κ1) is 27.0. The lowest BCUT2D eigenvalue weighted by molar-refractivity contribution is 0.0474. The van der Waals surface area contributed by atoms with Crippen LogP contribution in [0.15, 0.2) is 42.9 Å². The number of likely N-dealkylation sites (tertiary alicyclic amines) is 1. The predicted octanol–water partition coefficient (Wildman–Crippen LogP) is 3.84. The zero-order valence-electron chi connectivity index (χ0n) is 23.3. The number of rotatable bonds is 6. The molecular weight excluding hydrogens is 512 g/mol. The zero-order valence-corrected chi connectivity index (χ0v) is 23.3. The quantitative estimate of drug-likeness (QED) is 0.368. The maximum absolute atomic E-state index is 13.6. The maximum Gasteiger partial charge on any atom is 0.407 e. The molecule has 1 fully saturated rings. The molecule has 4 aromatic rings. The first-order chi connectivity index (χ1) is 19.1. The Balaban J connectivity index is 1.31. The van der Waals surface area contributed by atoms with E-state index in [2.05, 4.69) is 36.1 Å². The second kappa shape index (κ2) is 10.9. The molecule has 5 rings (SSSR count). The van der Waals surface area contributed by atoms with Gasteiger partial charge in [-0.3, -0.25) is 4.79 Å². The number of piperidine rings is 1. The fourth-order valence-corrected chi connectivity index (χ4v) is 4.52. The van der Waals surface area contributed by atoms with Gasteiger partial charge in [-0.2, -0.15) is 9.90 Å². The molecule has 4 heterocycles. The average molecular weight is 547 g/mol. The van der Waals surface area contributed by atoms with Gasteiger partial charge in [0.15, 0.2) is 5.82 Å². The largest absolute Gasteiger partial charge is 0.444 e. The van der Waals surface area contributed by atoms with Crippen molar-refractivity contribution in [3.63, 3.8) is 0 Å². The minimum absolute atomic E-state index is 0.0471. The van der Waals surface area contributed by atoms with E-state index < -0.39 is 11.7 Å². The second-order valence-corrected chi connectivity index (χ2v) is 11.1. The zero-order chi connectivity index (χ0) is 28.4. The van der Waals surface area contributed by atoms with Crippen LogP contribution in [0.5, 0.6) is 0 Å². The van der Waals surface area contributed by atoms with Gasteiger partial charge in [0.1, 0.15) is 17.4 Å². The predicted molar refractivity (Wildman–Crippen MR) is 148 cm³/mol. The van der Waals surface area contributed by atoms with Gasteiger partial charge in [0, 0.05) is 36.6 Å². The first-order valence-corrected chi connectivity index (χ1v) is 13.4. The molecule has 1 saturated heterocycles. The number of aromatic nitrogens is 7. The van der Waals surface area contributed by atoms with Crippen LogP contribution in [0.4, 0.5) is 16.3 Å². The molecule has 210 valence electrons. The van der Waals surface area contributed by atoms with E-state index in [1.54, 1.807) is 26.5 Å². The maximum atomic E-state index is 13.6. The summed E-state index contributed by atoms with van der Waals surface area (Å²) in [6.07, 6.45) is 4.03. The molecule has 40 heavy (non-hydrogen) atoms. The van der Waals surface area contributed by atoms with Crippen LogP contribution in [0.25, 0.3) is 16.9 Å². The molecule has 3 aromatic heterocycles. The number of tetrazole rings is 1. The van der Waals surface area contributed by atoms with Crippen LogP contribution < -0.4 is 10.6 Å². The van der Waals surface area contributed by atoms with Gasteiger partial charge < -0.3 is 20.3 Å². The number of carbonyl (C=O) groups is 2. The molecule has 1 aliphatic heterocycles. The van der Waals surface area contributed by atoms with E-state index in [0.717, 1.165) is 11.3 Å². The van der Waals surface area contributed by atoms with Crippen LogP contribution >= 0.6 is 0 Å². The SMILES string of the molecule is CC(C)n1nnc(-c2cccc(Nc3ncnn4ccc(C(=O)N5CCC(NC(=O)OC(C)(C)C)CC5)c34)c2)n1. The average Bonchev–Trinajstić information content (AvgIpc) is 3.57. The number of amides is 2. The van der Waals surface area contributed by atoms with Crippen molar-refractivity contribution in [3.05, 3.63) is 48.4 Å². The third kappa shape index (κ3) is 6.03. The summed E-state index contributed by atoms with van der Waals surface area (Å²) < 4.78 is 7.00. The van der Waals surface area contributed by atoms with E-state index in [4.69, 9.17) is 4.74 Å². The number of nitrogens with one attached hydrogen (secondary N) is 2. The Bertz CT molecular complexity index is 1510. The number of benzene rings is 1. The van der Waals surface area contributed by atoms with Crippen LogP contribution in [-0.4, -0.2) is 76.4 Å². The van der Waals surface area contributed by atoms with Gasteiger partial charge >= 0.3 is 6.09 Å². The highest BCUT2D eigenvalue weighted by molar-refractivity contribution is 6.04. The summed E-state index contributed by atoms with van der Waals surface area (Å²) in [5.74, 6) is 0.911. The lowest BCUT2D eigenvalue weighted by Gasteiger charge is -2.32. The van der Waals surface area contributed by atoms with Crippen molar-refractivity contribution in [1.82, 2.24) is 45.0 Å². The summed E-state index contributed by atoms with van der Waals surface area (Å²) >= 11 is 0. The fourth-order valence-electron chi connectivity index (χ4n) is 4.52. The van der Waals surface area contributed by atoms with E-state index in [1.807, 2.05) is 58.9 Å². The number of ether oxygens (including phenoxy) is 1. The summed E-state index contributed by atoms with van der Waals surface area (Å²) in [4.78, 5) is 33.5. The number of hydrogen-bond acceptors (Lipinski definition) is 9. The number of alkyl carbamates (subject to hydrolysis) is 1. The Morgan fingerprint density at radius 3 is 2.60 bits per heavy atom. The number of anilines is 2. The Labute approximate surface area is 231 Å². The van der Waals surface area contributed by atoms with Crippen molar-refractivity contribution in [1.29, 1.82) is 0 Å². The molecule has 0 unspecified atom stereocenters. The van der Waals surface area contributed by atoms with Gasteiger partial charge in [0.05, 0.1) is 11.6 Å². The van der Waals surface area contributed by atoms with E-state index >= 15 is 0 Å². The van der Waals surface area contributed by atoms with Crippen LogP contribution in [0.3, 0.4) is 0 Å². The summed E-state index contributed by atoms with van der Waals surface area (Å²) in [6.45, 7) is 10.5. The van der Waals surface area contributed by atoms with Gasteiger partial charge in [-0.25, -0.2) is 14.3 Å². The van der Waals surface area contributed by atoms with Crippen LogP contribution in [-0.2, 0) is 4.74 Å². The summed E-state index contributed by atoms with van der Waals surface area (Å²) in [5, 5.41) is 23.3. The van der Waals surface area contributed by atoms with E-state index in [-0.39, 0.29) is 18.0 Å². The van der Waals surface area contributed by atoms with Gasteiger partial charge in [0.25, 0.3) is 5.91 Å². The summed E-state index contributed by atoms with van der Waals surface area (Å²) in [7, 11) is 0. The van der Waals surface area contributed by atoms with Crippen molar-refractivity contribution in [2.75, 3.05) is 18.4 Å². The number of hydrogen-bond donors (Lipinski definition) is 2. The lowest BCUT2D eigenvalue weighted by atomic mass is 10.0. The molecule has 1 aliphatic rings. The third-order valence-corrected chi connectivity index (χ3v) is 6.46. The van der Waals surface area contributed by atoms with E-state index in [1.165, 1.54) is 6.33 Å². The van der Waals surface area contributed by atoms with Gasteiger partial charge in [-0.05, 0) is 70.9 Å². The second-order valence-electron chi connectivity index (χ2n) is 11.1. The Kier molecular flexibility index (Phi) is 7.37. The van der Waals surface area contributed by atoms with Crippen molar-refractivity contribution < 1.29 is 14.3 Å². The molecule has 0 saturated carbocycles. The third-order valence-electron chi connectivity index (χ3n) is 6.46. The summed E-state index contributed by atoms with van der Waals surface area (Å²) in [5.41, 5.74) is 2.08. The fraction of sp³-hybridized carbons (Fsp3) is 0.444. The van der Waals surface area contributed by atoms with Crippen molar-refractivity contribution >= 4 is 29.0 Å². The highest BCUT2D eigenvalue weighted by Crippen LogP contribution is 2.27. The molecule has 1 aromatic carbocycles. The monoisotopic (exact) mass is 546 g/mol. The molecule has 0 spiro atoms. The minimum atomic E-state index is -0.558. The van der Waals surface area contributed by atoms with E-state index in [9.17, 15) is 9.59 Å². The molecule has 0 aliphatic carbocycles.